The van der Waals surface area contributed by atoms with Crippen molar-refractivity contribution in [1.82, 2.24) is 14.9 Å². The van der Waals surface area contributed by atoms with Gasteiger partial charge in [-0.05, 0) is 26.3 Å². The maximum Gasteiger partial charge on any atom is 0.206 e. The molecule has 2 atom stereocenters. The number of imidazole rings is 1. The van der Waals surface area contributed by atoms with E-state index < -0.39 is 0 Å². The third-order valence-electron chi connectivity index (χ3n) is 3.91. The smallest absolute Gasteiger partial charge is 0.206 e. The van der Waals surface area contributed by atoms with Crippen molar-refractivity contribution in [2.75, 3.05) is 38.8 Å². The molecule has 0 radical (unpaired) electrons. The van der Waals surface area contributed by atoms with Crippen LogP contribution in [0.5, 0.6) is 0 Å². The summed E-state index contributed by atoms with van der Waals surface area (Å²) in [7, 11) is 3.90. The molecule has 0 amide bonds. The predicted octanol–water partition coefficient (Wildman–Crippen LogP) is 1.45. The van der Waals surface area contributed by atoms with E-state index in [2.05, 4.69) is 41.9 Å². The molecule has 0 aliphatic carbocycles. The summed E-state index contributed by atoms with van der Waals surface area (Å²) >= 11 is 0. The van der Waals surface area contributed by atoms with Crippen LogP contribution < -0.4 is 10.2 Å². The maximum absolute atomic E-state index is 5.28. The summed E-state index contributed by atoms with van der Waals surface area (Å²) in [6.07, 6.45) is 4.32. The van der Waals surface area contributed by atoms with E-state index in [0.29, 0.717) is 18.7 Å². The number of hydrogen-bond donors (Lipinski definition) is 1. The van der Waals surface area contributed by atoms with Gasteiger partial charge in [0.1, 0.15) is 0 Å². The van der Waals surface area contributed by atoms with Crippen LogP contribution in [0.4, 0.5) is 5.95 Å². The second-order valence-corrected chi connectivity index (χ2v) is 5.35. The van der Waals surface area contributed by atoms with Crippen molar-refractivity contribution in [2.24, 2.45) is 0 Å². The Morgan fingerprint density at radius 3 is 3.00 bits per heavy atom. The molecule has 0 spiro atoms. The molecule has 19 heavy (non-hydrogen) atoms. The summed E-state index contributed by atoms with van der Waals surface area (Å²) in [5.41, 5.74) is 1.15. The third-order valence-corrected chi connectivity index (χ3v) is 3.91. The number of aromatic nitrogens is 2. The first-order valence-electron chi connectivity index (χ1n) is 7.17. The van der Waals surface area contributed by atoms with Crippen molar-refractivity contribution < 1.29 is 4.74 Å². The summed E-state index contributed by atoms with van der Waals surface area (Å²) in [5, 5.41) is 3.41. The lowest BCUT2D eigenvalue weighted by Gasteiger charge is -2.27. The van der Waals surface area contributed by atoms with Gasteiger partial charge in [0.15, 0.2) is 0 Å². The minimum absolute atomic E-state index is 0.310. The highest BCUT2D eigenvalue weighted by atomic mass is 16.5. The first kappa shape index (κ1) is 14.3. The average molecular weight is 266 g/mol. The first-order chi connectivity index (χ1) is 9.17. The molecule has 2 rings (SSSR count). The topological polar surface area (TPSA) is 42.3 Å². The zero-order valence-corrected chi connectivity index (χ0v) is 12.5. The SMILES string of the molecule is CCc1cn(C(C)COC)c(N(C)C2CCNC2)n1. The van der Waals surface area contributed by atoms with Crippen molar-refractivity contribution in [2.45, 2.75) is 38.8 Å². The lowest BCUT2D eigenvalue weighted by atomic mass is 10.2. The minimum atomic E-state index is 0.310. The molecule has 1 N–H and O–H groups in total. The number of anilines is 1. The average Bonchev–Trinajstić information content (AvgIpc) is 3.07. The number of nitrogens with zero attached hydrogens (tertiary/aromatic N) is 3. The quantitative estimate of drug-likeness (QED) is 0.846. The van der Waals surface area contributed by atoms with Gasteiger partial charge >= 0.3 is 0 Å². The molecule has 1 aliphatic rings. The Morgan fingerprint density at radius 1 is 1.63 bits per heavy atom. The Morgan fingerprint density at radius 2 is 2.42 bits per heavy atom. The van der Waals surface area contributed by atoms with Crippen LogP contribution in [-0.4, -0.2) is 49.4 Å². The molecule has 1 aromatic heterocycles. The zero-order chi connectivity index (χ0) is 13.8. The molecule has 0 aromatic carbocycles. The predicted molar refractivity (Wildman–Crippen MR) is 77.9 cm³/mol. The van der Waals surface area contributed by atoms with E-state index in [1.165, 1.54) is 6.42 Å². The molecule has 108 valence electrons. The van der Waals surface area contributed by atoms with E-state index in [0.717, 1.165) is 31.2 Å². The van der Waals surface area contributed by atoms with Crippen LogP contribution in [0.3, 0.4) is 0 Å². The second kappa shape index (κ2) is 6.39. The summed E-state index contributed by atoms with van der Waals surface area (Å²) in [6, 6.07) is 0.852. The monoisotopic (exact) mass is 266 g/mol. The molecule has 0 saturated carbocycles. The van der Waals surface area contributed by atoms with E-state index in [9.17, 15) is 0 Å². The van der Waals surface area contributed by atoms with Crippen LogP contribution in [0, 0.1) is 0 Å². The fourth-order valence-corrected chi connectivity index (χ4v) is 2.64. The molecule has 1 fully saturated rings. The molecule has 5 heteroatoms. The van der Waals surface area contributed by atoms with Gasteiger partial charge in [-0.1, -0.05) is 6.92 Å². The van der Waals surface area contributed by atoms with Crippen LogP contribution in [0.15, 0.2) is 6.20 Å². The zero-order valence-electron chi connectivity index (χ0n) is 12.5. The van der Waals surface area contributed by atoms with E-state index in [1.54, 1.807) is 7.11 Å². The van der Waals surface area contributed by atoms with Crippen molar-refractivity contribution in [3.05, 3.63) is 11.9 Å². The Balaban J connectivity index is 2.23. The first-order valence-corrected chi connectivity index (χ1v) is 7.17. The van der Waals surface area contributed by atoms with E-state index in [4.69, 9.17) is 9.72 Å². The number of nitrogens with one attached hydrogen (secondary N) is 1. The molecule has 2 unspecified atom stereocenters. The summed E-state index contributed by atoms with van der Waals surface area (Å²) in [6.45, 7) is 7.18. The van der Waals surface area contributed by atoms with E-state index in [1.807, 2.05) is 0 Å². The van der Waals surface area contributed by atoms with Crippen molar-refractivity contribution in [3.63, 3.8) is 0 Å². The van der Waals surface area contributed by atoms with Gasteiger partial charge in [-0.25, -0.2) is 4.98 Å². The standard InChI is InChI=1S/C14H26N4O/c1-5-12-9-18(11(2)10-19-4)14(16-12)17(3)13-6-7-15-8-13/h9,11,13,15H,5-8,10H2,1-4H3. The number of hydrogen-bond acceptors (Lipinski definition) is 4. The molecule has 1 aromatic rings. The van der Waals surface area contributed by atoms with Crippen molar-refractivity contribution >= 4 is 5.95 Å². The van der Waals surface area contributed by atoms with Crippen LogP contribution in [0.2, 0.25) is 0 Å². The van der Waals surface area contributed by atoms with Crippen LogP contribution >= 0.6 is 0 Å². The molecule has 5 nitrogen and oxygen atoms in total. The normalized spacial score (nSPS) is 20.7. The Bertz CT molecular complexity index is 398. The number of likely N-dealkylation sites (N-methyl/N-ethyl adjacent to an activating group) is 1. The highest BCUT2D eigenvalue weighted by Gasteiger charge is 2.24. The van der Waals surface area contributed by atoms with Gasteiger partial charge in [0.2, 0.25) is 5.95 Å². The van der Waals surface area contributed by atoms with Crippen molar-refractivity contribution in [1.29, 1.82) is 0 Å². The second-order valence-electron chi connectivity index (χ2n) is 5.35. The van der Waals surface area contributed by atoms with Gasteiger partial charge in [0.05, 0.1) is 18.3 Å². The van der Waals surface area contributed by atoms with E-state index in [-0.39, 0.29) is 0 Å². The summed E-state index contributed by atoms with van der Waals surface area (Å²) in [4.78, 5) is 7.09. The summed E-state index contributed by atoms with van der Waals surface area (Å²) in [5.74, 6) is 1.06. The van der Waals surface area contributed by atoms with Crippen LogP contribution in [0.25, 0.3) is 0 Å². The van der Waals surface area contributed by atoms with Gasteiger partial charge in [-0.3, -0.25) is 0 Å². The highest BCUT2D eigenvalue weighted by molar-refractivity contribution is 5.35. The third kappa shape index (κ3) is 3.09. The molecule has 2 heterocycles. The Kier molecular flexibility index (Phi) is 4.82. The van der Waals surface area contributed by atoms with Crippen molar-refractivity contribution in [3.8, 4) is 0 Å². The lowest BCUT2D eigenvalue weighted by Crippen LogP contribution is -2.35. The Labute approximate surface area is 116 Å². The maximum atomic E-state index is 5.28. The van der Waals surface area contributed by atoms with Gasteiger partial charge in [-0.15, -0.1) is 0 Å². The van der Waals surface area contributed by atoms with Crippen LogP contribution in [-0.2, 0) is 11.2 Å². The number of rotatable bonds is 6. The molecular formula is C14H26N4O. The van der Waals surface area contributed by atoms with Gasteiger partial charge < -0.3 is 19.5 Å². The number of aryl methyl sites for hydroxylation is 1. The minimum Gasteiger partial charge on any atom is -0.383 e. The van der Waals surface area contributed by atoms with Gasteiger partial charge in [0, 0.05) is 32.9 Å². The molecule has 0 bridgehead atoms. The Hall–Kier alpha value is -1.07. The van der Waals surface area contributed by atoms with E-state index >= 15 is 0 Å². The molecular weight excluding hydrogens is 240 g/mol. The number of ether oxygens (including phenoxy) is 1. The summed E-state index contributed by atoms with van der Waals surface area (Å²) < 4.78 is 7.53. The van der Waals surface area contributed by atoms with Gasteiger partial charge in [-0.2, -0.15) is 0 Å². The molecule has 1 saturated heterocycles. The highest BCUT2D eigenvalue weighted by Crippen LogP contribution is 2.23. The number of methoxy groups -OCH3 is 1. The fraction of sp³-hybridized carbons (Fsp3) is 0.786. The van der Waals surface area contributed by atoms with Crippen LogP contribution in [0.1, 0.15) is 32.0 Å². The lowest BCUT2D eigenvalue weighted by molar-refractivity contribution is 0.162. The molecule has 1 aliphatic heterocycles. The fourth-order valence-electron chi connectivity index (χ4n) is 2.64. The van der Waals surface area contributed by atoms with Gasteiger partial charge in [0.25, 0.3) is 0 Å². The largest absolute Gasteiger partial charge is 0.383 e.